The molecule has 16 heavy (non-hydrogen) atoms. The number of para-hydroxylation sites is 1. The summed E-state index contributed by atoms with van der Waals surface area (Å²) in [5.74, 6) is 0. The molecule has 1 nitrogen and oxygen atoms in total. The van der Waals surface area contributed by atoms with Gasteiger partial charge in [0.15, 0.2) is 0 Å². The molecule has 0 radical (unpaired) electrons. The van der Waals surface area contributed by atoms with Crippen LogP contribution in [-0.2, 0) is 0 Å². The molecule has 0 bridgehead atoms. The molecule has 0 fully saturated rings. The van der Waals surface area contributed by atoms with Gasteiger partial charge in [-0.2, -0.15) is 0 Å². The summed E-state index contributed by atoms with van der Waals surface area (Å²) < 4.78 is 0. The summed E-state index contributed by atoms with van der Waals surface area (Å²) in [6, 6.07) is 12.1. The first-order valence-corrected chi connectivity index (χ1v) is 6.26. The van der Waals surface area contributed by atoms with Crippen LogP contribution in [0.1, 0.15) is 41.5 Å². The van der Waals surface area contributed by atoms with Crippen LogP contribution in [0.3, 0.4) is 0 Å². The standard InChI is InChI=1S/C9H7N.3C2H6/c1-2-6-9-8(4-1)5-3-7-10-9;3*1-2/h1-7H;3*1-2H3. The summed E-state index contributed by atoms with van der Waals surface area (Å²) in [6.45, 7) is 12.0. The van der Waals surface area contributed by atoms with Crippen molar-refractivity contribution in [2.24, 2.45) is 0 Å². The molecule has 0 atom stereocenters. The van der Waals surface area contributed by atoms with Gasteiger partial charge in [-0.15, -0.1) is 0 Å². The fraction of sp³-hybridized carbons (Fsp3) is 0.400. The molecule has 1 aromatic carbocycles. The summed E-state index contributed by atoms with van der Waals surface area (Å²) in [6.07, 6.45) is 1.81. The highest BCUT2D eigenvalue weighted by Crippen LogP contribution is 2.07. The van der Waals surface area contributed by atoms with Crippen LogP contribution in [0, 0.1) is 0 Å². The van der Waals surface area contributed by atoms with Crippen LogP contribution in [0.5, 0.6) is 0 Å². The zero-order valence-corrected chi connectivity index (χ0v) is 11.5. The molecule has 2 aromatic rings. The van der Waals surface area contributed by atoms with E-state index >= 15 is 0 Å². The molecular formula is C15H25N. The molecule has 0 saturated carbocycles. The van der Waals surface area contributed by atoms with E-state index in [-0.39, 0.29) is 0 Å². The molecule has 0 aliphatic rings. The first kappa shape index (κ1) is 17.0. The molecule has 1 aromatic heterocycles. The van der Waals surface area contributed by atoms with Crippen LogP contribution in [0.4, 0.5) is 0 Å². The average molecular weight is 219 g/mol. The van der Waals surface area contributed by atoms with Gasteiger partial charge in [-0.05, 0) is 12.1 Å². The first-order chi connectivity index (χ1) is 7.97. The Morgan fingerprint density at radius 3 is 1.75 bits per heavy atom. The third-order valence-electron chi connectivity index (χ3n) is 1.51. The van der Waals surface area contributed by atoms with Crippen molar-refractivity contribution in [3.8, 4) is 0 Å². The lowest BCUT2D eigenvalue weighted by Gasteiger charge is -1.91. The number of benzene rings is 1. The van der Waals surface area contributed by atoms with Crippen molar-refractivity contribution in [1.29, 1.82) is 0 Å². The van der Waals surface area contributed by atoms with Crippen LogP contribution in [0.2, 0.25) is 0 Å². The minimum Gasteiger partial charge on any atom is -0.256 e. The fourth-order valence-corrected chi connectivity index (χ4v) is 1.02. The molecule has 1 heteroatoms. The number of aromatic nitrogens is 1. The predicted molar refractivity (Wildman–Crippen MR) is 75.8 cm³/mol. The quantitative estimate of drug-likeness (QED) is 0.585. The molecule has 1 heterocycles. The Morgan fingerprint density at radius 2 is 1.19 bits per heavy atom. The zero-order chi connectivity index (χ0) is 12.8. The Morgan fingerprint density at radius 1 is 0.688 bits per heavy atom. The van der Waals surface area contributed by atoms with Gasteiger partial charge in [-0.3, -0.25) is 4.98 Å². The monoisotopic (exact) mass is 219 g/mol. The Balaban J connectivity index is 0. The second-order valence-electron chi connectivity index (χ2n) is 2.20. The predicted octanol–water partition coefficient (Wildman–Crippen LogP) is 5.31. The normalized spacial score (nSPS) is 7.38. The van der Waals surface area contributed by atoms with Gasteiger partial charge in [0.2, 0.25) is 0 Å². The van der Waals surface area contributed by atoms with Gasteiger partial charge in [0, 0.05) is 11.6 Å². The Labute approximate surface area is 101 Å². The zero-order valence-electron chi connectivity index (χ0n) is 11.5. The maximum atomic E-state index is 4.18. The Bertz CT molecular complexity index is 276. The summed E-state index contributed by atoms with van der Waals surface area (Å²) in [5.41, 5.74) is 1.06. The third kappa shape index (κ3) is 6.18. The maximum Gasteiger partial charge on any atom is 0.0701 e. The van der Waals surface area contributed by atoms with Crippen LogP contribution in [0.15, 0.2) is 42.6 Å². The van der Waals surface area contributed by atoms with Crippen LogP contribution in [0.25, 0.3) is 10.9 Å². The van der Waals surface area contributed by atoms with Gasteiger partial charge in [-0.1, -0.05) is 65.8 Å². The molecule has 0 spiro atoms. The smallest absolute Gasteiger partial charge is 0.0701 e. The van der Waals surface area contributed by atoms with Gasteiger partial charge in [-0.25, -0.2) is 0 Å². The summed E-state index contributed by atoms with van der Waals surface area (Å²) in [7, 11) is 0. The highest BCUT2D eigenvalue weighted by atomic mass is 14.6. The lowest BCUT2D eigenvalue weighted by atomic mass is 10.2. The van der Waals surface area contributed by atoms with E-state index in [0.717, 1.165) is 5.52 Å². The van der Waals surface area contributed by atoms with Crippen molar-refractivity contribution in [2.75, 3.05) is 0 Å². The van der Waals surface area contributed by atoms with Gasteiger partial charge in [0.05, 0.1) is 5.52 Å². The summed E-state index contributed by atoms with van der Waals surface area (Å²) in [5, 5.41) is 1.20. The topological polar surface area (TPSA) is 12.9 Å². The number of rotatable bonds is 0. The van der Waals surface area contributed by atoms with E-state index in [2.05, 4.69) is 17.1 Å². The van der Waals surface area contributed by atoms with Gasteiger partial charge < -0.3 is 0 Å². The molecule has 0 saturated heterocycles. The van der Waals surface area contributed by atoms with E-state index in [1.165, 1.54) is 5.39 Å². The van der Waals surface area contributed by atoms with Crippen molar-refractivity contribution in [2.45, 2.75) is 41.5 Å². The van der Waals surface area contributed by atoms with Crippen molar-refractivity contribution in [3.63, 3.8) is 0 Å². The fourth-order valence-electron chi connectivity index (χ4n) is 1.02. The van der Waals surface area contributed by atoms with E-state index in [1.807, 2.05) is 72.0 Å². The average Bonchev–Trinajstić information content (AvgIpc) is 2.45. The lowest BCUT2D eigenvalue weighted by molar-refractivity contribution is 1.41. The van der Waals surface area contributed by atoms with Gasteiger partial charge >= 0.3 is 0 Å². The van der Waals surface area contributed by atoms with E-state index in [4.69, 9.17) is 0 Å². The molecular weight excluding hydrogens is 194 g/mol. The molecule has 0 N–H and O–H groups in total. The lowest BCUT2D eigenvalue weighted by Crippen LogP contribution is -1.73. The van der Waals surface area contributed by atoms with Crippen molar-refractivity contribution >= 4 is 10.9 Å². The molecule has 0 unspecified atom stereocenters. The summed E-state index contributed by atoms with van der Waals surface area (Å²) in [4.78, 5) is 4.18. The highest BCUT2D eigenvalue weighted by molar-refractivity contribution is 5.77. The SMILES string of the molecule is CC.CC.CC.c1ccc2ncccc2c1. The Hall–Kier alpha value is -1.37. The summed E-state index contributed by atoms with van der Waals surface area (Å²) >= 11 is 0. The highest BCUT2D eigenvalue weighted by Gasteiger charge is 1.86. The van der Waals surface area contributed by atoms with E-state index in [9.17, 15) is 0 Å². The van der Waals surface area contributed by atoms with Gasteiger partial charge in [0.1, 0.15) is 0 Å². The van der Waals surface area contributed by atoms with Gasteiger partial charge in [0.25, 0.3) is 0 Å². The molecule has 0 amide bonds. The van der Waals surface area contributed by atoms with Crippen LogP contribution < -0.4 is 0 Å². The minimum atomic E-state index is 1.06. The van der Waals surface area contributed by atoms with Crippen molar-refractivity contribution < 1.29 is 0 Å². The van der Waals surface area contributed by atoms with Crippen molar-refractivity contribution in [1.82, 2.24) is 4.98 Å². The maximum absolute atomic E-state index is 4.18. The largest absolute Gasteiger partial charge is 0.256 e. The van der Waals surface area contributed by atoms with E-state index in [0.29, 0.717) is 0 Å². The van der Waals surface area contributed by atoms with Crippen molar-refractivity contribution in [3.05, 3.63) is 42.6 Å². The minimum absolute atomic E-state index is 1.06. The molecule has 0 aliphatic carbocycles. The number of hydrogen-bond donors (Lipinski definition) is 0. The number of hydrogen-bond acceptors (Lipinski definition) is 1. The van der Waals surface area contributed by atoms with Crippen LogP contribution >= 0.6 is 0 Å². The third-order valence-corrected chi connectivity index (χ3v) is 1.51. The van der Waals surface area contributed by atoms with Crippen LogP contribution in [-0.4, -0.2) is 4.98 Å². The number of pyridine rings is 1. The first-order valence-electron chi connectivity index (χ1n) is 6.26. The molecule has 2 rings (SSSR count). The Kier molecular flexibility index (Phi) is 14.5. The number of nitrogens with zero attached hydrogens (tertiary/aromatic N) is 1. The second kappa shape index (κ2) is 13.6. The van der Waals surface area contributed by atoms with E-state index < -0.39 is 0 Å². The van der Waals surface area contributed by atoms with E-state index in [1.54, 1.807) is 0 Å². The molecule has 0 aliphatic heterocycles. The number of fused-ring (bicyclic) bond motifs is 1. The second-order valence-corrected chi connectivity index (χ2v) is 2.20. The molecule has 90 valence electrons.